The summed E-state index contributed by atoms with van der Waals surface area (Å²) >= 11 is 0. The fourth-order valence-corrected chi connectivity index (χ4v) is 3.45. The van der Waals surface area contributed by atoms with E-state index in [1.165, 1.54) is 0 Å². The molecule has 0 aromatic heterocycles. The summed E-state index contributed by atoms with van der Waals surface area (Å²) in [5.41, 5.74) is -1.23. The summed E-state index contributed by atoms with van der Waals surface area (Å²) in [7, 11) is 0. The first-order chi connectivity index (χ1) is 12.5. The lowest BCUT2D eigenvalue weighted by molar-refractivity contribution is -0.122. The average molecular weight is 366 g/mol. The molecule has 0 bridgehead atoms. The van der Waals surface area contributed by atoms with Crippen molar-refractivity contribution < 1.29 is 24.9 Å². The van der Waals surface area contributed by atoms with Crippen molar-refractivity contribution in [1.82, 2.24) is 0 Å². The highest BCUT2D eigenvalue weighted by Crippen LogP contribution is 2.34. The number of ketones is 2. The Morgan fingerprint density at radius 2 is 2.00 bits per heavy atom. The SMILES string of the molecule is CCC=CC(O)(CO)CC=C[C@H]1CCC(=O)[C@@H]1CCCCCC(=O)CO. The first-order valence-electron chi connectivity index (χ1n) is 9.78. The van der Waals surface area contributed by atoms with Gasteiger partial charge in [-0.25, -0.2) is 0 Å². The number of carbonyl (C=O) groups is 2. The van der Waals surface area contributed by atoms with Gasteiger partial charge in [-0.1, -0.05) is 44.1 Å². The number of allylic oxidation sites excluding steroid dienone is 2. The molecule has 1 saturated carbocycles. The molecule has 0 aromatic carbocycles. The molecular formula is C21H34O5. The van der Waals surface area contributed by atoms with Gasteiger partial charge in [0.25, 0.3) is 0 Å². The number of aliphatic hydroxyl groups is 3. The maximum Gasteiger partial charge on any atom is 0.158 e. The number of aliphatic hydroxyl groups excluding tert-OH is 2. The summed E-state index contributed by atoms with van der Waals surface area (Å²) in [6.45, 7) is 1.26. The summed E-state index contributed by atoms with van der Waals surface area (Å²) in [5, 5.41) is 28.4. The van der Waals surface area contributed by atoms with E-state index in [4.69, 9.17) is 5.11 Å². The average Bonchev–Trinajstić information content (AvgIpc) is 2.99. The van der Waals surface area contributed by atoms with E-state index in [0.29, 0.717) is 25.0 Å². The molecule has 1 unspecified atom stereocenters. The monoisotopic (exact) mass is 366 g/mol. The zero-order valence-electron chi connectivity index (χ0n) is 15.9. The molecule has 5 nitrogen and oxygen atoms in total. The molecule has 3 atom stereocenters. The molecule has 1 rings (SSSR count). The number of carbonyl (C=O) groups excluding carboxylic acids is 2. The molecule has 0 aliphatic heterocycles. The minimum Gasteiger partial charge on any atom is -0.393 e. The lowest BCUT2D eigenvalue weighted by Gasteiger charge is -2.20. The van der Waals surface area contributed by atoms with E-state index in [1.807, 2.05) is 25.2 Å². The molecule has 1 fully saturated rings. The molecule has 1 aliphatic rings. The summed E-state index contributed by atoms with van der Waals surface area (Å²) in [4.78, 5) is 23.2. The molecule has 0 saturated heterocycles. The Kier molecular flexibility index (Phi) is 10.6. The van der Waals surface area contributed by atoms with Gasteiger partial charge >= 0.3 is 0 Å². The van der Waals surface area contributed by atoms with Crippen molar-refractivity contribution in [2.75, 3.05) is 13.2 Å². The van der Waals surface area contributed by atoms with Gasteiger partial charge in [0.1, 0.15) is 18.0 Å². The molecule has 3 N–H and O–H groups in total. The van der Waals surface area contributed by atoms with Gasteiger partial charge in [-0.2, -0.15) is 0 Å². The van der Waals surface area contributed by atoms with Crippen molar-refractivity contribution in [2.24, 2.45) is 11.8 Å². The van der Waals surface area contributed by atoms with Crippen LogP contribution in [0.3, 0.4) is 0 Å². The Labute approximate surface area is 156 Å². The van der Waals surface area contributed by atoms with Gasteiger partial charge < -0.3 is 15.3 Å². The van der Waals surface area contributed by atoms with Gasteiger partial charge in [0.05, 0.1) is 6.61 Å². The molecule has 0 spiro atoms. The van der Waals surface area contributed by atoms with Crippen LogP contribution in [0.1, 0.15) is 64.7 Å². The van der Waals surface area contributed by atoms with Gasteiger partial charge in [0, 0.05) is 18.8 Å². The van der Waals surface area contributed by atoms with Crippen molar-refractivity contribution in [3.8, 4) is 0 Å². The fourth-order valence-electron chi connectivity index (χ4n) is 3.45. The second-order valence-corrected chi connectivity index (χ2v) is 7.28. The highest BCUT2D eigenvalue weighted by molar-refractivity contribution is 5.83. The number of unbranched alkanes of at least 4 members (excludes halogenated alkanes) is 2. The van der Waals surface area contributed by atoms with Crippen molar-refractivity contribution in [1.29, 1.82) is 0 Å². The van der Waals surface area contributed by atoms with E-state index >= 15 is 0 Å². The highest BCUT2D eigenvalue weighted by Gasteiger charge is 2.32. The molecule has 5 heteroatoms. The predicted molar refractivity (Wildman–Crippen MR) is 102 cm³/mol. The third kappa shape index (κ3) is 7.94. The van der Waals surface area contributed by atoms with E-state index in [0.717, 1.165) is 38.5 Å². The minimum absolute atomic E-state index is 0.0215. The molecule has 0 radical (unpaired) electrons. The second-order valence-electron chi connectivity index (χ2n) is 7.28. The highest BCUT2D eigenvalue weighted by atomic mass is 16.3. The fraction of sp³-hybridized carbons (Fsp3) is 0.714. The molecule has 148 valence electrons. The number of hydrogen-bond acceptors (Lipinski definition) is 5. The largest absolute Gasteiger partial charge is 0.393 e. The maximum absolute atomic E-state index is 12.1. The first kappa shape index (κ1) is 22.7. The smallest absolute Gasteiger partial charge is 0.158 e. The first-order valence-corrected chi connectivity index (χ1v) is 9.78. The quantitative estimate of drug-likeness (QED) is 0.344. The molecule has 1 aliphatic carbocycles. The van der Waals surface area contributed by atoms with E-state index in [-0.39, 0.29) is 30.8 Å². The molecular weight excluding hydrogens is 332 g/mol. The van der Waals surface area contributed by atoms with Crippen LogP contribution in [0.2, 0.25) is 0 Å². The number of rotatable bonds is 13. The number of Topliss-reactive ketones (excluding diaryl/α,β-unsaturated/α-hetero) is 2. The van der Waals surface area contributed by atoms with E-state index in [9.17, 15) is 19.8 Å². The lowest BCUT2D eigenvalue weighted by Crippen LogP contribution is -2.29. The van der Waals surface area contributed by atoms with E-state index in [2.05, 4.69) is 0 Å². The Bertz CT molecular complexity index is 497. The normalized spacial score (nSPS) is 23.2. The summed E-state index contributed by atoms with van der Waals surface area (Å²) < 4.78 is 0. The van der Waals surface area contributed by atoms with Gasteiger partial charge in [0.15, 0.2) is 5.78 Å². The third-order valence-corrected chi connectivity index (χ3v) is 5.09. The molecule has 0 heterocycles. The third-order valence-electron chi connectivity index (χ3n) is 5.09. The summed E-state index contributed by atoms with van der Waals surface area (Å²) in [5.74, 6) is 0.387. The van der Waals surface area contributed by atoms with Crippen molar-refractivity contribution in [3.05, 3.63) is 24.3 Å². The van der Waals surface area contributed by atoms with Crippen LogP contribution in [0.25, 0.3) is 0 Å². The number of hydrogen-bond donors (Lipinski definition) is 3. The Balaban J connectivity index is 2.45. The molecule has 26 heavy (non-hydrogen) atoms. The van der Waals surface area contributed by atoms with Crippen LogP contribution in [0.15, 0.2) is 24.3 Å². The van der Waals surface area contributed by atoms with E-state index < -0.39 is 5.60 Å². The van der Waals surface area contributed by atoms with Crippen LogP contribution in [-0.2, 0) is 9.59 Å². The summed E-state index contributed by atoms with van der Waals surface area (Å²) in [6, 6.07) is 0. The van der Waals surface area contributed by atoms with Crippen LogP contribution < -0.4 is 0 Å². The maximum atomic E-state index is 12.1. The van der Waals surface area contributed by atoms with Crippen LogP contribution in [-0.4, -0.2) is 45.7 Å². The van der Waals surface area contributed by atoms with Gasteiger partial charge in [-0.15, -0.1) is 0 Å². The lowest BCUT2D eigenvalue weighted by atomic mass is 9.88. The predicted octanol–water partition coefficient (Wildman–Crippen LogP) is 2.73. The van der Waals surface area contributed by atoms with Gasteiger partial charge in [-0.05, 0) is 38.0 Å². The zero-order chi connectivity index (χ0) is 19.4. The minimum atomic E-state index is -1.23. The van der Waals surface area contributed by atoms with Crippen LogP contribution in [0, 0.1) is 11.8 Å². The topological polar surface area (TPSA) is 94.8 Å². The van der Waals surface area contributed by atoms with Gasteiger partial charge in [0.2, 0.25) is 0 Å². The van der Waals surface area contributed by atoms with E-state index in [1.54, 1.807) is 6.08 Å². The van der Waals surface area contributed by atoms with Crippen LogP contribution >= 0.6 is 0 Å². The Hall–Kier alpha value is -1.30. The van der Waals surface area contributed by atoms with Crippen molar-refractivity contribution in [3.63, 3.8) is 0 Å². The molecule has 0 amide bonds. The van der Waals surface area contributed by atoms with Crippen molar-refractivity contribution in [2.45, 2.75) is 70.3 Å². The zero-order valence-corrected chi connectivity index (χ0v) is 15.9. The Morgan fingerprint density at radius 1 is 1.23 bits per heavy atom. The standard InChI is InChI=1S/C21H34O5/c1-2-3-13-21(26,16-23)14-7-8-17-11-12-20(25)19(17)10-6-4-5-9-18(24)15-22/h3,7-8,13,17,19,22-23,26H,2,4-6,9-12,14-16H2,1H3/t17-,19+,21?/m0/s1. The molecule has 0 aromatic rings. The van der Waals surface area contributed by atoms with Crippen molar-refractivity contribution >= 4 is 11.6 Å². The second kappa shape index (κ2) is 12.2. The summed E-state index contributed by atoms with van der Waals surface area (Å²) in [6.07, 6.45) is 13.7. The van der Waals surface area contributed by atoms with Crippen LogP contribution in [0.5, 0.6) is 0 Å². The Morgan fingerprint density at radius 3 is 2.65 bits per heavy atom. The van der Waals surface area contributed by atoms with Crippen LogP contribution in [0.4, 0.5) is 0 Å². The van der Waals surface area contributed by atoms with Gasteiger partial charge in [-0.3, -0.25) is 9.59 Å².